The Morgan fingerprint density at radius 1 is 1.60 bits per heavy atom. The molecule has 0 aromatic heterocycles. The monoisotopic (exact) mass is 291 g/mol. The molecule has 1 aromatic carbocycles. The molecule has 1 aromatic rings. The molecule has 0 heterocycles. The van der Waals surface area contributed by atoms with Gasteiger partial charge in [-0.05, 0) is 12.5 Å². The first kappa shape index (κ1) is 12.1. The molecule has 1 rings (SSSR count). The van der Waals surface area contributed by atoms with Gasteiger partial charge in [0.2, 0.25) is 0 Å². The molecule has 0 radical (unpaired) electrons. The van der Waals surface area contributed by atoms with Gasteiger partial charge in [-0.2, -0.15) is 0 Å². The summed E-state index contributed by atoms with van der Waals surface area (Å²) >= 11 is 8.80. The Kier molecular flexibility index (Phi) is 3.82. The van der Waals surface area contributed by atoms with Gasteiger partial charge in [-0.15, -0.1) is 0 Å². The van der Waals surface area contributed by atoms with Crippen LogP contribution in [-0.4, -0.2) is 16.0 Å². The molecule has 0 aliphatic heterocycles. The number of alkyl halides is 1. The minimum absolute atomic E-state index is 0.116. The van der Waals surface area contributed by atoms with E-state index in [0.717, 1.165) is 0 Å². The minimum atomic E-state index is -0.573. The topological polar surface area (TPSA) is 60.2 Å². The highest BCUT2D eigenvalue weighted by molar-refractivity contribution is 9.09. The number of Topliss-reactive ketones (excluding diaryl/α,β-unsaturated/α-hetero) is 1. The average Bonchev–Trinajstić information content (AvgIpc) is 2.20. The lowest BCUT2D eigenvalue weighted by Gasteiger charge is -2.04. The zero-order valence-electron chi connectivity index (χ0n) is 7.79. The summed E-state index contributed by atoms with van der Waals surface area (Å²) in [6.45, 7) is 1.65. The molecular formula is C9H7BrClNO3. The van der Waals surface area contributed by atoms with Crippen LogP contribution in [0, 0.1) is 17.0 Å². The van der Waals surface area contributed by atoms with Crippen molar-refractivity contribution in [2.75, 3.05) is 5.33 Å². The predicted molar refractivity (Wildman–Crippen MR) is 61.0 cm³/mol. The quantitative estimate of drug-likeness (QED) is 0.372. The van der Waals surface area contributed by atoms with Gasteiger partial charge in [0.15, 0.2) is 5.78 Å². The molecule has 4 nitrogen and oxygen atoms in total. The highest BCUT2D eigenvalue weighted by atomic mass is 79.9. The summed E-state index contributed by atoms with van der Waals surface area (Å²) in [5.41, 5.74) is 0.674. The predicted octanol–water partition coefficient (Wildman–Crippen LogP) is 3.13. The van der Waals surface area contributed by atoms with Crippen molar-refractivity contribution >= 4 is 39.0 Å². The number of hydrogen-bond donors (Lipinski definition) is 0. The molecule has 0 N–H and O–H groups in total. The first-order valence-electron chi connectivity index (χ1n) is 4.01. The molecule has 0 bridgehead atoms. The molecule has 0 fully saturated rings. The van der Waals surface area contributed by atoms with Gasteiger partial charge >= 0.3 is 0 Å². The molecule has 0 atom stereocenters. The van der Waals surface area contributed by atoms with Gasteiger partial charge in [-0.1, -0.05) is 27.5 Å². The molecule has 0 saturated heterocycles. The van der Waals surface area contributed by atoms with Gasteiger partial charge in [0.05, 0.1) is 15.3 Å². The van der Waals surface area contributed by atoms with Crippen LogP contribution in [0.4, 0.5) is 5.69 Å². The SMILES string of the molecule is Cc1c(Cl)cc([N+](=O)[O-])cc1C(=O)CBr. The van der Waals surface area contributed by atoms with E-state index < -0.39 is 4.92 Å². The van der Waals surface area contributed by atoms with Crippen LogP contribution in [0.25, 0.3) is 0 Å². The van der Waals surface area contributed by atoms with Crippen molar-refractivity contribution in [2.45, 2.75) is 6.92 Å². The summed E-state index contributed by atoms with van der Waals surface area (Å²) in [5, 5.41) is 10.9. The summed E-state index contributed by atoms with van der Waals surface area (Å²) in [4.78, 5) is 21.4. The smallest absolute Gasteiger partial charge is 0.271 e. The molecule has 0 aliphatic rings. The first-order valence-corrected chi connectivity index (χ1v) is 5.51. The normalized spacial score (nSPS) is 10.1. The Labute approximate surface area is 99.5 Å². The number of carbonyl (C=O) groups is 1. The number of non-ortho nitro benzene ring substituents is 1. The number of benzene rings is 1. The van der Waals surface area contributed by atoms with E-state index in [9.17, 15) is 14.9 Å². The van der Waals surface area contributed by atoms with E-state index in [2.05, 4.69) is 15.9 Å². The molecule has 0 aliphatic carbocycles. The maximum Gasteiger partial charge on any atom is 0.271 e. The maximum atomic E-state index is 11.4. The zero-order chi connectivity index (χ0) is 11.6. The van der Waals surface area contributed by atoms with Crippen molar-refractivity contribution < 1.29 is 9.72 Å². The van der Waals surface area contributed by atoms with Gasteiger partial charge < -0.3 is 0 Å². The second-order valence-corrected chi connectivity index (χ2v) is 3.88. The standard InChI is InChI=1S/C9H7BrClNO3/c1-5-7(9(13)4-10)2-6(12(14)15)3-8(5)11/h2-3H,4H2,1H3. The Morgan fingerprint density at radius 2 is 2.20 bits per heavy atom. The first-order chi connectivity index (χ1) is 6.97. The van der Waals surface area contributed by atoms with Gasteiger partial charge in [0.1, 0.15) is 0 Å². The number of nitrogens with zero attached hydrogens (tertiary/aromatic N) is 1. The number of carbonyl (C=O) groups excluding carboxylic acids is 1. The van der Waals surface area contributed by atoms with Crippen LogP contribution >= 0.6 is 27.5 Å². The van der Waals surface area contributed by atoms with Crippen molar-refractivity contribution in [3.63, 3.8) is 0 Å². The second-order valence-electron chi connectivity index (χ2n) is 2.91. The third-order valence-electron chi connectivity index (χ3n) is 1.96. The van der Waals surface area contributed by atoms with E-state index in [1.807, 2.05) is 0 Å². The fourth-order valence-corrected chi connectivity index (χ4v) is 1.65. The van der Waals surface area contributed by atoms with Crippen molar-refractivity contribution in [3.8, 4) is 0 Å². The van der Waals surface area contributed by atoms with Crippen LogP contribution < -0.4 is 0 Å². The second kappa shape index (κ2) is 4.72. The Hall–Kier alpha value is -0.940. The molecule has 6 heteroatoms. The minimum Gasteiger partial charge on any atom is -0.293 e. The van der Waals surface area contributed by atoms with Crippen LogP contribution in [0.15, 0.2) is 12.1 Å². The molecule has 0 saturated carbocycles. The van der Waals surface area contributed by atoms with Crippen LogP contribution in [0.5, 0.6) is 0 Å². The molecule has 0 unspecified atom stereocenters. The summed E-state index contributed by atoms with van der Waals surface area (Å²) < 4.78 is 0. The largest absolute Gasteiger partial charge is 0.293 e. The highest BCUT2D eigenvalue weighted by Gasteiger charge is 2.16. The number of ketones is 1. The van der Waals surface area contributed by atoms with E-state index >= 15 is 0 Å². The van der Waals surface area contributed by atoms with Gasteiger partial charge in [0, 0.05) is 17.7 Å². The van der Waals surface area contributed by atoms with E-state index in [-0.39, 0.29) is 27.4 Å². The summed E-state index contributed by atoms with van der Waals surface area (Å²) in [6, 6.07) is 2.48. The lowest BCUT2D eigenvalue weighted by molar-refractivity contribution is -0.384. The van der Waals surface area contributed by atoms with E-state index in [1.54, 1.807) is 6.92 Å². The van der Waals surface area contributed by atoms with Gasteiger partial charge in [0.25, 0.3) is 5.69 Å². The summed E-state index contributed by atoms with van der Waals surface area (Å²) in [6.07, 6.45) is 0. The lowest BCUT2D eigenvalue weighted by atomic mass is 10.0. The number of halogens is 2. The fraction of sp³-hybridized carbons (Fsp3) is 0.222. The number of nitro benzene ring substituents is 1. The molecular weight excluding hydrogens is 285 g/mol. The van der Waals surface area contributed by atoms with Gasteiger partial charge in [-0.25, -0.2) is 0 Å². The van der Waals surface area contributed by atoms with Crippen molar-refractivity contribution in [1.29, 1.82) is 0 Å². The van der Waals surface area contributed by atoms with E-state index in [4.69, 9.17) is 11.6 Å². The molecule has 80 valence electrons. The highest BCUT2D eigenvalue weighted by Crippen LogP contribution is 2.26. The van der Waals surface area contributed by atoms with Crippen LogP contribution in [0.2, 0.25) is 5.02 Å². The van der Waals surface area contributed by atoms with Crippen LogP contribution in [-0.2, 0) is 0 Å². The number of rotatable bonds is 3. The maximum absolute atomic E-state index is 11.4. The van der Waals surface area contributed by atoms with Crippen LogP contribution in [0.3, 0.4) is 0 Å². The summed E-state index contributed by atoms with van der Waals surface area (Å²) in [5.74, 6) is -0.224. The molecule has 0 amide bonds. The van der Waals surface area contributed by atoms with Crippen molar-refractivity contribution in [2.24, 2.45) is 0 Å². The zero-order valence-corrected chi connectivity index (χ0v) is 10.1. The number of hydrogen-bond acceptors (Lipinski definition) is 3. The van der Waals surface area contributed by atoms with Crippen LogP contribution in [0.1, 0.15) is 15.9 Å². The third kappa shape index (κ3) is 2.54. The van der Waals surface area contributed by atoms with E-state index in [1.165, 1.54) is 12.1 Å². The Morgan fingerprint density at radius 3 is 2.67 bits per heavy atom. The molecule has 15 heavy (non-hydrogen) atoms. The summed E-state index contributed by atoms with van der Waals surface area (Å²) in [7, 11) is 0. The Balaban J connectivity index is 3.37. The van der Waals surface area contributed by atoms with E-state index in [0.29, 0.717) is 5.56 Å². The lowest BCUT2D eigenvalue weighted by Crippen LogP contribution is -2.04. The average molecular weight is 293 g/mol. The van der Waals surface area contributed by atoms with Gasteiger partial charge in [-0.3, -0.25) is 14.9 Å². The number of nitro groups is 1. The molecule has 0 spiro atoms. The third-order valence-corrected chi connectivity index (χ3v) is 2.86. The fourth-order valence-electron chi connectivity index (χ4n) is 1.13. The van der Waals surface area contributed by atoms with Crippen molar-refractivity contribution in [3.05, 3.63) is 38.4 Å². The Bertz CT molecular complexity index is 434. The van der Waals surface area contributed by atoms with Crippen molar-refractivity contribution in [1.82, 2.24) is 0 Å².